The van der Waals surface area contributed by atoms with Gasteiger partial charge in [-0.05, 0) is 89.4 Å². The number of aryl methyl sites for hydroxylation is 1. The van der Waals surface area contributed by atoms with E-state index in [4.69, 9.17) is 0 Å². The van der Waals surface area contributed by atoms with Gasteiger partial charge in [-0.1, -0.05) is 30.3 Å². The van der Waals surface area contributed by atoms with Crippen LogP contribution >= 0.6 is 0 Å². The highest BCUT2D eigenvalue weighted by molar-refractivity contribution is 5.91. The lowest BCUT2D eigenvalue weighted by Crippen LogP contribution is -2.66. The molecule has 1 aromatic rings. The molecule has 1 saturated heterocycles. The Hall–Kier alpha value is -2.14. The molecule has 1 heterocycles. The van der Waals surface area contributed by atoms with Crippen molar-refractivity contribution >= 4 is 11.8 Å². The topological polar surface area (TPSA) is 61.4 Å². The van der Waals surface area contributed by atoms with Gasteiger partial charge in [-0.25, -0.2) is 0 Å². The Morgan fingerprint density at radius 1 is 1.13 bits per heavy atom. The van der Waals surface area contributed by atoms with Gasteiger partial charge in [0, 0.05) is 18.5 Å². The molecule has 2 N–H and O–H groups in total. The lowest BCUT2D eigenvalue weighted by Gasteiger charge is -2.46. The Morgan fingerprint density at radius 3 is 2.42 bits per heavy atom. The van der Waals surface area contributed by atoms with Gasteiger partial charge >= 0.3 is 0 Å². The summed E-state index contributed by atoms with van der Waals surface area (Å²) < 4.78 is 0. The predicted octanol–water partition coefficient (Wildman–Crippen LogP) is 4.14. The minimum atomic E-state index is -0.896. The maximum atomic E-state index is 13.5. The second kappa shape index (κ2) is 9.56. The molecule has 1 aromatic carbocycles. The van der Waals surface area contributed by atoms with Gasteiger partial charge in [0.1, 0.15) is 5.54 Å². The molecule has 170 valence electrons. The first-order chi connectivity index (χ1) is 14.7. The van der Waals surface area contributed by atoms with Crippen molar-refractivity contribution < 1.29 is 9.59 Å². The molecule has 5 heteroatoms. The molecule has 0 radical (unpaired) electrons. The number of fused-ring (bicyclic) bond motifs is 1. The largest absolute Gasteiger partial charge is 0.349 e. The molecule has 0 saturated carbocycles. The molecule has 31 heavy (non-hydrogen) atoms. The number of hydrogen-bond acceptors (Lipinski definition) is 3. The number of nitrogens with one attached hydrogen (secondary N) is 2. The van der Waals surface area contributed by atoms with Gasteiger partial charge in [-0.3, -0.25) is 14.5 Å². The normalized spacial score (nSPS) is 21.7. The van der Waals surface area contributed by atoms with Crippen molar-refractivity contribution in [2.75, 3.05) is 13.1 Å². The zero-order chi connectivity index (χ0) is 22.6. The van der Waals surface area contributed by atoms with Crippen LogP contribution in [0.25, 0.3) is 0 Å². The van der Waals surface area contributed by atoms with Crippen LogP contribution in [0.15, 0.2) is 36.9 Å². The van der Waals surface area contributed by atoms with Crippen molar-refractivity contribution in [2.45, 2.75) is 83.3 Å². The van der Waals surface area contributed by atoms with Crippen molar-refractivity contribution in [3.63, 3.8) is 0 Å². The second-order valence-corrected chi connectivity index (χ2v) is 10.2. The molecule has 2 atom stereocenters. The molecule has 1 aliphatic carbocycles. The summed E-state index contributed by atoms with van der Waals surface area (Å²) in [6, 6.07) is 9.25. The van der Waals surface area contributed by atoms with Crippen LogP contribution < -0.4 is 10.6 Å². The van der Waals surface area contributed by atoms with Gasteiger partial charge in [-0.15, -0.1) is 6.58 Å². The minimum absolute atomic E-state index is 0.0679. The SMILES string of the molecule is C=CCCC(NC(C)=O)(C(=O)NC(C)(C)C)C1CCN(C2CCc3ccccc32)CC1. The second-order valence-electron chi connectivity index (χ2n) is 10.2. The molecular weight excluding hydrogens is 386 g/mol. The molecule has 1 fully saturated rings. The molecule has 2 aliphatic rings. The summed E-state index contributed by atoms with van der Waals surface area (Å²) in [5, 5.41) is 6.25. The molecule has 0 bridgehead atoms. The molecule has 3 rings (SSSR count). The third-order valence-electron chi connectivity index (χ3n) is 6.80. The summed E-state index contributed by atoms with van der Waals surface area (Å²) in [7, 11) is 0. The lowest BCUT2D eigenvalue weighted by molar-refractivity contribution is -0.138. The van der Waals surface area contributed by atoms with E-state index >= 15 is 0 Å². The maximum Gasteiger partial charge on any atom is 0.246 e. The molecule has 2 amide bonds. The van der Waals surface area contributed by atoms with Crippen LogP contribution in [-0.2, 0) is 16.0 Å². The van der Waals surface area contributed by atoms with E-state index in [1.165, 1.54) is 24.5 Å². The number of hydrogen-bond donors (Lipinski definition) is 2. The molecule has 0 aromatic heterocycles. The first-order valence-corrected chi connectivity index (χ1v) is 11.7. The van der Waals surface area contributed by atoms with Gasteiger partial charge in [0.25, 0.3) is 0 Å². The first-order valence-electron chi connectivity index (χ1n) is 11.7. The monoisotopic (exact) mass is 425 g/mol. The van der Waals surface area contributed by atoms with E-state index in [-0.39, 0.29) is 23.3 Å². The number of nitrogens with zero attached hydrogens (tertiary/aromatic N) is 1. The molecular formula is C26H39N3O2. The van der Waals surface area contributed by atoms with Crippen LogP contribution in [0.1, 0.15) is 77.0 Å². The standard InChI is InChI=1S/C26H39N3O2/c1-6-7-16-26(27-19(2)30,24(31)28-25(3,4)5)21-14-17-29(18-15-21)23-13-12-20-10-8-9-11-22(20)23/h6,8-11,21,23H,1,7,12-18H2,2-5H3,(H,27,30)(H,28,31). The van der Waals surface area contributed by atoms with E-state index in [1.54, 1.807) is 0 Å². The number of allylic oxidation sites excluding steroid dienone is 1. The smallest absolute Gasteiger partial charge is 0.246 e. The number of carbonyl (C=O) groups is 2. The zero-order valence-corrected chi connectivity index (χ0v) is 19.7. The lowest BCUT2D eigenvalue weighted by atomic mass is 9.73. The number of likely N-dealkylation sites (tertiary alicyclic amines) is 1. The summed E-state index contributed by atoms with van der Waals surface area (Å²) in [5.74, 6) is -0.117. The third-order valence-corrected chi connectivity index (χ3v) is 6.80. The highest BCUT2D eigenvalue weighted by Crippen LogP contribution is 2.40. The fourth-order valence-corrected chi connectivity index (χ4v) is 5.44. The van der Waals surface area contributed by atoms with E-state index in [1.807, 2.05) is 26.8 Å². The Labute approximate surface area is 187 Å². The third kappa shape index (κ3) is 5.38. The Kier molecular flexibility index (Phi) is 7.25. The summed E-state index contributed by atoms with van der Waals surface area (Å²) in [6.45, 7) is 13.2. The summed E-state index contributed by atoms with van der Waals surface area (Å²) >= 11 is 0. The number of carbonyl (C=O) groups excluding carboxylic acids is 2. The predicted molar refractivity (Wildman–Crippen MR) is 126 cm³/mol. The van der Waals surface area contributed by atoms with Crippen LogP contribution in [0.3, 0.4) is 0 Å². The van der Waals surface area contributed by atoms with Crippen molar-refractivity contribution in [3.8, 4) is 0 Å². The van der Waals surface area contributed by atoms with E-state index in [0.29, 0.717) is 18.9 Å². The van der Waals surface area contributed by atoms with Crippen molar-refractivity contribution in [2.24, 2.45) is 5.92 Å². The molecule has 5 nitrogen and oxygen atoms in total. The summed E-state index contributed by atoms with van der Waals surface area (Å²) in [5.41, 5.74) is 1.68. The molecule has 2 unspecified atom stereocenters. The van der Waals surface area contributed by atoms with Gasteiger partial charge in [-0.2, -0.15) is 0 Å². The Morgan fingerprint density at radius 2 is 1.81 bits per heavy atom. The fraction of sp³-hybridized carbons (Fsp3) is 0.615. The van der Waals surface area contributed by atoms with E-state index in [0.717, 1.165) is 32.4 Å². The van der Waals surface area contributed by atoms with Crippen LogP contribution in [0, 0.1) is 5.92 Å². The molecule has 0 spiro atoms. The van der Waals surface area contributed by atoms with Crippen LogP contribution in [0.5, 0.6) is 0 Å². The van der Waals surface area contributed by atoms with Crippen molar-refractivity contribution in [1.82, 2.24) is 15.5 Å². The fourth-order valence-electron chi connectivity index (χ4n) is 5.44. The number of amides is 2. The number of benzene rings is 1. The maximum absolute atomic E-state index is 13.5. The van der Waals surface area contributed by atoms with Gasteiger partial charge < -0.3 is 10.6 Å². The van der Waals surface area contributed by atoms with Gasteiger partial charge in [0.15, 0.2) is 0 Å². The van der Waals surface area contributed by atoms with Crippen molar-refractivity contribution in [1.29, 1.82) is 0 Å². The molecule has 1 aliphatic heterocycles. The van der Waals surface area contributed by atoms with Gasteiger partial charge in [0.2, 0.25) is 11.8 Å². The van der Waals surface area contributed by atoms with E-state index in [9.17, 15) is 9.59 Å². The minimum Gasteiger partial charge on any atom is -0.349 e. The van der Waals surface area contributed by atoms with E-state index < -0.39 is 5.54 Å². The highest BCUT2D eigenvalue weighted by Gasteiger charge is 2.48. The van der Waals surface area contributed by atoms with Crippen LogP contribution in [0.2, 0.25) is 0 Å². The highest BCUT2D eigenvalue weighted by atomic mass is 16.2. The Bertz CT molecular complexity index is 805. The van der Waals surface area contributed by atoms with Gasteiger partial charge in [0.05, 0.1) is 0 Å². The summed E-state index contributed by atoms with van der Waals surface area (Å²) in [6.07, 6.45) is 7.21. The summed E-state index contributed by atoms with van der Waals surface area (Å²) in [4.78, 5) is 28.3. The average Bonchev–Trinajstić information content (AvgIpc) is 3.14. The van der Waals surface area contributed by atoms with E-state index in [2.05, 4.69) is 46.4 Å². The van der Waals surface area contributed by atoms with Crippen molar-refractivity contribution in [3.05, 3.63) is 48.0 Å². The number of rotatable bonds is 7. The first kappa shape index (κ1) is 23.5. The van der Waals surface area contributed by atoms with Crippen LogP contribution in [0.4, 0.5) is 0 Å². The number of piperidine rings is 1. The zero-order valence-electron chi connectivity index (χ0n) is 19.7. The van der Waals surface area contributed by atoms with Crippen LogP contribution in [-0.4, -0.2) is 40.9 Å². The average molecular weight is 426 g/mol. The quantitative estimate of drug-likeness (QED) is 0.646. The Balaban J connectivity index is 1.79.